The fraction of sp³-hybridized carbons (Fsp3) is 0.571. The molecule has 1 aromatic heterocycles. The van der Waals surface area contributed by atoms with Crippen molar-refractivity contribution >= 4 is 5.91 Å². The van der Waals surface area contributed by atoms with Crippen LogP contribution in [0.5, 0.6) is 5.75 Å². The summed E-state index contributed by atoms with van der Waals surface area (Å²) in [7, 11) is 0. The predicted octanol–water partition coefficient (Wildman–Crippen LogP) is 0.781. The van der Waals surface area contributed by atoms with Gasteiger partial charge in [-0.25, -0.2) is 0 Å². The first-order valence-corrected chi connectivity index (χ1v) is 6.88. The Balaban J connectivity index is 1.97. The van der Waals surface area contributed by atoms with E-state index >= 15 is 0 Å². The summed E-state index contributed by atoms with van der Waals surface area (Å²) >= 11 is 0. The van der Waals surface area contributed by atoms with Crippen LogP contribution in [0.2, 0.25) is 0 Å². The lowest BCUT2D eigenvalue weighted by atomic mass is 10.0. The smallest absolute Gasteiger partial charge is 0.276 e. The minimum Gasteiger partial charge on any atom is -0.503 e. The van der Waals surface area contributed by atoms with Gasteiger partial charge in [-0.1, -0.05) is 13.8 Å². The van der Waals surface area contributed by atoms with Crippen LogP contribution in [0.3, 0.4) is 0 Å². The van der Waals surface area contributed by atoms with E-state index in [1.807, 2.05) is 0 Å². The second-order valence-corrected chi connectivity index (χ2v) is 5.69. The summed E-state index contributed by atoms with van der Waals surface area (Å²) in [6, 6.07) is 1.27. The molecule has 3 rings (SSSR count). The number of carbonyl (C=O) groups is 1. The highest BCUT2D eigenvalue weighted by molar-refractivity contribution is 5.95. The number of aromatic hydroxyl groups is 1. The van der Waals surface area contributed by atoms with Gasteiger partial charge in [-0.3, -0.25) is 9.59 Å². The molecule has 0 aliphatic carbocycles. The quantitative estimate of drug-likeness (QED) is 0.824. The monoisotopic (exact) mass is 278 g/mol. The summed E-state index contributed by atoms with van der Waals surface area (Å²) in [5.74, 6) is -0.406. The molecule has 0 aromatic carbocycles. The van der Waals surface area contributed by atoms with Crippen molar-refractivity contribution in [2.75, 3.05) is 6.54 Å². The van der Waals surface area contributed by atoms with Gasteiger partial charge in [-0.15, -0.1) is 0 Å². The highest BCUT2D eigenvalue weighted by Gasteiger charge is 2.39. The molecule has 0 radical (unpaired) electrons. The third-order valence-corrected chi connectivity index (χ3v) is 4.04. The normalized spacial score (nSPS) is 25.6. The minimum atomic E-state index is -0.527. The van der Waals surface area contributed by atoms with Gasteiger partial charge in [0.2, 0.25) is 5.43 Å². The van der Waals surface area contributed by atoms with Gasteiger partial charge in [-0.2, -0.15) is 0 Å². The average Bonchev–Trinajstić information content (AvgIpc) is 2.42. The minimum absolute atomic E-state index is 0.0698. The van der Waals surface area contributed by atoms with E-state index in [0.717, 1.165) is 6.42 Å². The van der Waals surface area contributed by atoms with Crippen molar-refractivity contribution in [2.45, 2.75) is 39.1 Å². The number of hydrogen-bond donors (Lipinski definition) is 1. The molecular weight excluding hydrogens is 260 g/mol. The Morgan fingerprint density at radius 2 is 2.15 bits per heavy atom. The van der Waals surface area contributed by atoms with Crippen LogP contribution in [-0.4, -0.2) is 39.4 Å². The van der Waals surface area contributed by atoms with E-state index in [1.54, 1.807) is 9.47 Å². The van der Waals surface area contributed by atoms with Gasteiger partial charge in [0.15, 0.2) is 17.7 Å². The van der Waals surface area contributed by atoms with E-state index in [1.165, 1.54) is 12.3 Å². The van der Waals surface area contributed by atoms with E-state index in [4.69, 9.17) is 4.74 Å². The van der Waals surface area contributed by atoms with Gasteiger partial charge in [0.25, 0.3) is 5.91 Å². The lowest BCUT2D eigenvalue weighted by Gasteiger charge is -2.44. The van der Waals surface area contributed by atoms with Crippen molar-refractivity contribution < 1.29 is 14.6 Å². The van der Waals surface area contributed by atoms with E-state index in [2.05, 4.69) is 13.8 Å². The Hall–Kier alpha value is -1.82. The maximum atomic E-state index is 12.4. The molecule has 1 aromatic rings. The van der Waals surface area contributed by atoms with Crippen molar-refractivity contribution in [2.24, 2.45) is 5.92 Å². The molecule has 0 spiro atoms. The molecule has 2 atom stereocenters. The van der Waals surface area contributed by atoms with Crippen LogP contribution in [0.15, 0.2) is 17.1 Å². The summed E-state index contributed by atoms with van der Waals surface area (Å²) in [5, 5.41) is 9.82. The lowest BCUT2D eigenvalue weighted by molar-refractivity contribution is -0.147. The zero-order chi connectivity index (χ0) is 14.4. The number of hydrogen-bond acceptors (Lipinski definition) is 4. The molecule has 1 saturated heterocycles. The van der Waals surface area contributed by atoms with Crippen molar-refractivity contribution in [1.29, 1.82) is 0 Å². The summed E-state index contributed by atoms with van der Waals surface area (Å²) in [5.41, 5.74) is -0.457. The highest BCUT2D eigenvalue weighted by atomic mass is 16.5. The summed E-state index contributed by atoms with van der Waals surface area (Å²) < 4.78 is 7.57. The molecule has 3 heterocycles. The van der Waals surface area contributed by atoms with Crippen LogP contribution in [0.1, 0.15) is 30.8 Å². The second kappa shape index (κ2) is 4.63. The fourth-order valence-electron chi connectivity index (χ4n) is 2.86. The van der Waals surface area contributed by atoms with E-state index in [-0.39, 0.29) is 23.9 Å². The molecule has 20 heavy (non-hydrogen) atoms. The standard InChI is InChI=1S/C14H18N2O4/c1-8(2)10-4-6-16-11(20-10)7-15-5-3-9(17)13(18)12(15)14(16)19/h3,5,8,10-11,18H,4,6-7H2,1-2H3/t10-,11-/m0/s1. The molecular formula is C14H18N2O4. The van der Waals surface area contributed by atoms with Crippen LogP contribution in [-0.2, 0) is 11.3 Å². The van der Waals surface area contributed by atoms with Crippen molar-refractivity contribution in [3.05, 3.63) is 28.2 Å². The summed E-state index contributed by atoms with van der Waals surface area (Å²) in [4.78, 5) is 25.5. The first-order valence-electron chi connectivity index (χ1n) is 6.88. The van der Waals surface area contributed by atoms with Crippen LogP contribution in [0.4, 0.5) is 0 Å². The zero-order valence-electron chi connectivity index (χ0n) is 11.6. The molecule has 1 amide bonds. The van der Waals surface area contributed by atoms with Gasteiger partial charge in [-0.05, 0) is 12.3 Å². The molecule has 6 heteroatoms. The Kier molecular flexibility index (Phi) is 3.05. The van der Waals surface area contributed by atoms with E-state index in [0.29, 0.717) is 19.0 Å². The largest absolute Gasteiger partial charge is 0.503 e. The topological polar surface area (TPSA) is 71.8 Å². The Bertz CT molecular complexity index is 608. The molecule has 1 fully saturated rings. The molecule has 6 nitrogen and oxygen atoms in total. The third kappa shape index (κ3) is 1.91. The molecule has 0 saturated carbocycles. The second-order valence-electron chi connectivity index (χ2n) is 5.69. The Morgan fingerprint density at radius 1 is 1.40 bits per heavy atom. The van der Waals surface area contributed by atoms with E-state index < -0.39 is 11.2 Å². The number of pyridine rings is 1. The van der Waals surface area contributed by atoms with E-state index in [9.17, 15) is 14.7 Å². The maximum Gasteiger partial charge on any atom is 0.276 e. The van der Waals surface area contributed by atoms with Crippen molar-refractivity contribution in [1.82, 2.24) is 9.47 Å². The SMILES string of the molecule is CC(C)[C@@H]1CCN2C(=O)c3c(O)c(=O)ccn3C[C@@H]2O1. The molecule has 0 bridgehead atoms. The van der Waals surface area contributed by atoms with Gasteiger partial charge >= 0.3 is 0 Å². The average molecular weight is 278 g/mol. The fourth-order valence-corrected chi connectivity index (χ4v) is 2.86. The first kappa shape index (κ1) is 13.2. The number of ether oxygens (including phenoxy) is 1. The Labute approximate surface area is 116 Å². The number of amides is 1. The van der Waals surface area contributed by atoms with Gasteiger partial charge in [0, 0.05) is 18.8 Å². The van der Waals surface area contributed by atoms with Gasteiger partial charge < -0.3 is 19.3 Å². The number of nitrogens with zero attached hydrogens (tertiary/aromatic N) is 2. The van der Waals surface area contributed by atoms with Gasteiger partial charge in [0.1, 0.15) is 0 Å². The molecule has 2 aliphatic heterocycles. The number of rotatable bonds is 1. The summed E-state index contributed by atoms with van der Waals surface area (Å²) in [6.45, 7) is 5.23. The van der Waals surface area contributed by atoms with Crippen LogP contribution in [0, 0.1) is 5.92 Å². The van der Waals surface area contributed by atoms with Crippen LogP contribution in [0.25, 0.3) is 0 Å². The number of carbonyl (C=O) groups excluding carboxylic acids is 1. The third-order valence-electron chi connectivity index (χ3n) is 4.04. The Morgan fingerprint density at radius 3 is 2.85 bits per heavy atom. The highest BCUT2D eigenvalue weighted by Crippen LogP contribution is 2.29. The number of aromatic nitrogens is 1. The van der Waals surface area contributed by atoms with Crippen molar-refractivity contribution in [3.63, 3.8) is 0 Å². The predicted molar refractivity (Wildman–Crippen MR) is 71.5 cm³/mol. The zero-order valence-corrected chi connectivity index (χ0v) is 11.6. The summed E-state index contributed by atoms with van der Waals surface area (Å²) in [6.07, 6.45) is 2.13. The molecule has 2 aliphatic rings. The first-order chi connectivity index (χ1) is 9.49. The lowest BCUT2D eigenvalue weighted by Crippen LogP contribution is -2.55. The maximum absolute atomic E-state index is 12.4. The molecule has 0 unspecified atom stereocenters. The molecule has 108 valence electrons. The molecule has 1 N–H and O–H groups in total. The van der Waals surface area contributed by atoms with Crippen molar-refractivity contribution in [3.8, 4) is 5.75 Å². The van der Waals surface area contributed by atoms with Crippen LogP contribution >= 0.6 is 0 Å². The van der Waals surface area contributed by atoms with Crippen LogP contribution < -0.4 is 5.43 Å². The number of fused-ring (bicyclic) bond motifs is 2. The van der Waals surface area contributed by atoms with Gasteiger partial charge in [0.05, 0.1) is 12.6 Å².